The lowest BCUT2D eigenvalue weighted by Gasteiger charge is -2.40. The Balaban J connectivity index is 2.88. The molecule has 0 unspecified atom stereocenters. The third kappa shape index (κ3) is 4.35. The number of aliphatic carboxylic acids is 1. The molecule has 0 spiro atoms. The third-order valence-electron chi connectivity index (χ3n) is 5.25. The number of carboxylic acids is 1. The van der Waals surface area contributed by atoms with Crippen molar-refractivity contribution < 1.29 is 71.7 Å². The summed E-state index contributed by atoms with van der Waals surface area (Å²) in [5.74, 6) is -40.8. The maximum absolute atomic E-state index is 15.1. The van der Waals surface area contributed by atoms with Crippen molar-refractivity contribution >= 4 is 22.4 Å². The first kappa shape index (κ1) is 30.1. The zero-order valence-corrected chi connectivity index (χ0v) is 18.2. The van der Waals surface area contributed by atoms with Crippen molar-refractivity contribution in [2.24, 2.45) is 0 Å². The lowest BCUT2D eigenvalue weighted by molar-refractivity contribution is -0.441. The largest absolute Gasteiger partial charge is 0.496 e. The van der Waals surface area contributed by atoms with Gasteiger partial charge in [-0.15, -0.1) is 0 Å². The van der Waals surface area contributed by atoms with Crippen molar-refractivity contribution in [3.05, 3.63) is 35.9 Å². The number of halogens is 13. The van der Waals surface area contributed by atoms with E-state index in [4.69, 9.17) is 5.11 Å². The molecule has 0 radical (unpaired) electrons. The topological polar surface area (TPSA) is 49.8 Å². The molecule has 0 saturated carbocycles. The molecule has 0 aliphatic rings. The second-order valence-electron chi connectivity index (χ2n) is 7.63. The average Bonchev–Trinajstić information content (AvgIpc) is 2.75. The molecule has 0 aromatic heterocycles. The van der Waals surface area contributed by atoms with Crippen LogP contribution >= 0.6 is 0 Å². The number of fused-ring (bicyclic) bond motifs is 1. The number of hydrogen-bond acceptors (Lipinski definition) is 3. The van der Waals surface area contributed by atoms with E-state index in [2.05, 4.69) is 4.74 Å². The maximum Gasteiger partial charge on any atom is 0.460 e. The van der Waals surface area contributed by atoms with Gasteiger partial charge in [-0.3, -0.25) is 4.79 Å². The summed E-state index contributed by atoms with van der Waals surface area (Å²) in [5, 5.41) is 7.26. The molecule has 208 valence electrons. The van der Waals surface area contributed by atoms with Gasteiger partial charge in [0.1, 0.15) is 12.3 Å². The van der Waals surface area contributed by atoms with E-state index < -0.39 is 70.4 Å². The monoisotopic (exact) mass is 563 g/mol. The molecule has 0 heterocycles. The van der Waals surface area contributed by atoms with Crippen LogP contribution < -0.4 is 9.64 Å². The normalized spacial score (nSPS) is 14.1. The smallest absolute Gasteiger partial charge is 0.460 e. The Hall–Kier alpha value is -3.14. The number of hydrogen-bond donors (Lipinski definition) is 1. The minimum absolute atomic E-state index is 0.274. The van der Waals surface area contributed by atoms with Crippen molar-refractivity contribution in [2.45, 2.75) is 35.8 Å². The second-order valence-corrected chi connectivity index (χ2v) is 7.63. The van der Waals surface area contributed by atoms with Crippen LogP contribution in [0.1, 0.15) is 5.56 Å². The first-order valence-electron chi connectivity index (χ1n) is 9.49. The van der Waals surface area contributed by atoms with Crippen LogP contribution in [0.4, 0.5) is 62.8 Å². The summed E-state index contributed by atoms with van der Waals surface area (Å²) < 4.78 is 183. The van der Waals surface area contributed by atoms with Gasteiger partial charge >= 0.3 is 41.8 Å². The molecular formula is C20H14F13NO3. The molecule has 0 fully saturated rings. The number of anilines is 1. The van der Waals surface area contributed by atoms with Crippen LogP contribution in [0.25, 0.3) is 10.8 Å². The number of nitrogens with zero attached hydrogens (tertiary/aromatic N) is 1. The van der Waals surface area contributed by atoms with Crippen LogP contribution in [-0.4, -0.2) is 61.6 Å². The second kappa shape index (κ2) is 9.01. The first-order chi connectivity index (χ1) is 16.5. The van der Waals surface area contributed by atoms with Crippen LogP contribution in [-0.2, 0) is 10.7 Å². The molecule has 2 aromatic carbocycles. The molecule has 4 nitrogen and oxygen atoms in total. The Labute approximate surface area is 198 Å². The van der Waals surface area contributed by atoms with Crippen molar-refractivity contribution in [3.63, 3.8) is 0 Å². The van der Waals surface area contributed by atoms with Gasteiger partial charge < -0.3 is 14.7 Å². The summed E-state index contributed by atoms with van der Waals surface area (Å²) in [6.07, 6.45) is -7.52. The number of ether oxygens (including phenoxy) is 1. The number of benzene rings is 2. The highest BCUT2D eigenvalue weighted by Gasteiger charge is 2.91. The van der Waals surface area contributed by atoms with Gasteiger partial charge in [-0.05, 0) is 23.6 Å². The SMILES string of the molecule is COc1ccc2c(N(C)CC(=O)O)cccc2c1C(F)(F)C(F)(F)C(F)(F)C(F)(F)C(F)(F)C(F)(F)F. The van der Waals surface area contributed by atoms with Crippen LogP contribution in [0.15, 0.2) is 30.3 Å². The van der Waals surface area contributed by atoms with Crippen molar-refractivity contribution in [3.8, 4) is 5.75 Å². The number of alkyl halides is 13. The third-order valence-corrected chi connectivity index (χ3v) is 5.25. The van der Waals surface area contributed by atoms with Gasteiger partial charge in [0.05, 0.1) is 12.7 Å². The molecule has 0 saturated heterocycles. The molecule has 0 aliphatic carbocycles. The van der Waals surface area contributed by atoms with E-state index in [-0.39, 0.29) is 5.69 Å². The quantitative estimate of drug-likeness (QED) is 0.351. The lowest BCUT2D eigenvalue weighted by Crippen LogP contribution is -2.69. The Kier molecular flexibility index (Phi) is 7.32. The molecule has 1 N–H and O–H groups in total. The van der Waals surface area contributed by atoms with E-state index in [1.165, 1.54) is 0 Å². The van der Waals surface area contributed by atoms with Gasteiger partial charge in [-0.1, -0.05) is 12.1 Å². The first-order valence-corrected chi connectivity index (χ1v) is 9.49. The molecule has 17 heteroatoms. The van der Waals surface area contributed by atoms with Gasteiger partial charge in [0.25, 0.3) is 0 Å². The fourth-order valence-electron chi connectivity index (χ4n) is 3.36. The molecule has 0 amide bonds. The maximum atomic E-state index is 15.1. The van der Waals surface area contributed by atoms with E-state index >= 15 is 8.78 Å². The van der Waals surface area contributed by atoms with Gasteiger partial charge in [0, 0.05) is 18.1 Å². The Morgan fingerprint density at radius 1 is 0.784 bits per heavy atom. The molecular weight excluding hydrogens is 549 g/mol. The zero-order valence-electron chi connectivity index (χ0n) is 18.2. The van der Waals surface area contributed by atoms with Crippen LogP contribution in [0.2, 0.25) is 0 Å². The van der Waals surface area contributed by atoms with Gasteiger partial charge in [0.15, 0.2) is 0 Å². The van der Waals surface area contributed by atoms with E-state index in [0.29, 0.717) is 19.2 Å². The van der Waals surface area contributed by atoms with Crippen molar-refractivity contribution in [1.29, 1.82) is 0 Å². The number of methoxy groups -OCH3 is 1. The summed E-state index contributed by atoms with van der Waals surface area (Å²) in [4.78, 5) is 11.8. The van der Waals surface area contributed by atoms with E-state index in [9.17, 15) is 53.1 Å². The van der Waals surface area contributed by atoms with Gasteiger partial charge in [-0.2, -0.15) is 57.1 Å². The highest BCUT2D eigenvalue weighted by molar-refractivity contribution is 5.98. The molecule has 2 aromatic rings. The van der Waals surface area contributed by atoms with Crippen molar-refractivity contribution in [1.82, 2.24) is 0 Å². The molecule has 0 atom stereocenters. The lowest BCUT2D eigenvalue weighted by atomic mass is 9.87. The van der Waals surface area contributed by atoms with Gasteiger partial charge in [0.2, 0.25) is 0 Å². The Bertz CT molecular complexity index is 1180. The molecule has 37 heavy (non-hydrogen) atoms. The van der Waals surface area contributed by atoms with Crippen molar-refractivity contribution in [2.75, 3.05) is 25.6 Å². The molecule has 2 rings (SSSR count). The predicted molar refractivity (Wildman–Crippen MR) is 101 cm³/mol. The van der Waals surface area contributed by atoms with E-state index in [0.717, 1.165) is 30.1 Å². The van der Waals surface area contributed by atoms with E-state index in [1.54, 1.807) is 0 Å². The molecule has 0 bridgehead atoms. The number of carboxylic acid groups (broad SMARTS) is 1. The van der Waals surface area contributed by atoms with Crippen LogP contribution in [0.5, 0.6) is 5.75 Å². The van der Waals surface area contributed by atoms with Crippen LogP contribution in [0, 0.1) is 0 Å². The Morgan fingerprint density at radius 2 is 1.30 bits per heavy atom. The minimum atomic E-state index is -8.05. The summed E-state index contributed by atoms with van der Waals surface area (Å²) in [5.41, 5.74) is -2.53. The van der Waals surface area contributed by atoms with Gasteiger partial charge in [-0.25, -0.2) is 0 Å². The summed E-state index contributed by atoms with van der Waals surface area (Å²) >= 11 is 0. The number of carbonyl (C=O) groups is 1. The van der Waals surface area contributed by atoms with Crippen LogP contribution in [0.3, 0.4) is 0 Å². The summed E-state index contributed by atoms with van der Waals surface area (Å²) in [6.45, 7) is -0.802. The summed E-state index contributed by atoms with van der Waals surface area (Å²) in [6, 6.07) is 3.85. The Morgan fingerprint density at radius 3 is 1.76 bits per heavy atom. The average molecular weight is 563 g/mol. The van der Waals surface area contributed by atoms with E-state index in [1.807, 2.05) is 0 Å². The fourth-order valence-corrected chi connectivity index (χ4v) is 3.36. The standard InChI is InChI=1S/C20H14F13NO3/c1-34(8-13(35)36)11-5-3-4-10-9(11)6-7-12(37-2)14(10)15(21,22)16(23,24)17(25,26)18(27,28)19(29,30)20(31,32)33/h3-7H,8H2,1-2H3,(H,35,36). The fraction of sp³-hybridized carbons (Fsp3) is 0.450. The number of likely N-dealkylation sites (N-methyl/N-ethyl adjacent to an activating group) is 1. The predicted octanol–water partition coefficient (Wildman–Crippen LogP) is 6.56. The number of rotatable bonds is 9. The zero-order chi connectivity index (χ0) is 29.0. The summed E-state index contributed by atoms with van der Waals surface area (Å²) in [7, 11) is 1.65. The highest BCUT2D eigenvalue weighted by Crippen LogP contribution is 2.63. The highest BCUT2D eigenvalue weighted by atomic mass is 19.4. The minimum Gasteiger partial charge on any atom is -0.496 e. The molecule has 0 aliphatic heterocycles.